The number of urea groups is 1. The van der Waals surface area contributed by atoms with Gasteiger partial charge >= 0.3 is 6.03 Å². The number of anilines is 1. The molecule has 5 rings (SSSR count). The highest BCUT2D eigenvalue weighted by molar-refractivity contribution is 6.19. The van der Waals surface area contributed by atoms with Gasteiger partial charge in [0.2, 0.25) is 0 Å². The van der Waals surface area contributed by atoms with Crippen LogP contribution in [0.4, 0.5) is 14.9 Å². The van der Waals surface area contributed by atoms with Gasteiger partial charge in [-0.1, -0.05) is 30.3 Å². The molecule has 0 unspecified atom stereocenters. The Morgan fingerprint density at radius 3 is 2.47 bits per heavy atom. The Labute approximate surface area is 171 Å². The zero-order valence-corrected chi connectivity index (χ0v) is 15.9. The van der Waals surface area contributed by atoms with Crippen molar-refractivity contribution >= 4 is 34.3 Å². The van der Waals surface area contributed by atoms with Crippen molar-refractivity contribution in [2.75, 3.05) is 11.4 Å². The number of nitrogens with one attached hydrogen (secondary N) is 1. The second-order valence-electron chi connectivity index (χ2n) is 7.50. The van der Waals surface area contributed by atoms with Crippen LogP contribution in [0.2, 0.25) is 0 Å². The number of rotatable bonds is 2. The molecule has 1 N–H and O–H groups in total. The molecular weight excluding hydrogens is 385 g/mol. The van der Waals surface area contributed by atoms with Gasteiger partial charge in [-0.25, -0.2) is 14.1 Å². The molecule has 4 amide bonds. The van der Waals surface area contributed by atoms with Gasteiger partial charge in [-0.05, 0) is 53.6 Å². The van der Waals surface area contributed by atoms with Gasteiger partial charge in [0.1, 0.15) is 11.9 Å². The number of carbonyl (C=O) groups is 3. The zero-order chi connectivity index (χ0) is 20.8. The van der Waals surface area contributed by atoms with Crippen molar-refractivity contribution in [2.24, 2.45) is 0 Å². The number of fused-ring (bicyclic) bond motifs is 2. The fraction of sp³-hybridized carbons (Fsp3) is 0.174. The third kappa shape index (κ3) is 2.90. The number of hydrogen-bond donors (Lipinski definition) is 1. The fourth-order valence-electron chi connectivity index (χ4n) is 4.26. The van der Waals surface area contributed by atoms with E-state index in [1.54, 1.807) is 6.07 Å². The van der Waals surface area contributed by atoms with Crippen LogP contribution in [0.5, 0.6) is 0 Å². The standard InChI is InChI=1S/C23H18FN3O3/c24-17-7-9-18(10-8-17)27-22(29)20-19(25-23(27)30)11-12-26(20)21(28)16-6-5-14-3-1-2-4-15(14)13-16/h1-10,13,19-20H,11-12H2,(H,25,30)/t19-,20+/m1/s1. The molecule has 2 heterocycles. The van der Waals surface area contributed by atoms with E-state index in [0.717, 1.165) is 15.7 Å². The minimum Gasteiger partial charge on any atom is -0.332 e. The summed E-state index contributed by atoms with van der Waals surface area (Å²) in [6.45, 7) is 0.365. The minimum atomic E-state index is -0.799. The van der Waals surface area contributed by atoms with E-state index < -0.39 is 29.8 Å². The van der Waals surface area contributed by atoms with Gasteiger partial charge in [-0.3, -0.25) is 9.59 Å². The lowest BCUT2D eigenvalue weighted by Crippen LogP contribution is -2.65. The van der Waals surface area contributed by atoms with Crippen LogP contribution in [0.3, 0.4) is 0 Å². The van der Waals surface area contributed by atoms with Crippen LogP contribution in [0, 0.1) is 5.82 Å². The molecule has 0 aliphatic carbocycles. The molecule has 0 bridgehead atoms. The quantitative estimate of drug-likeness (QED) is 0.714. The summed E-state index contributed by atoms with van der Waals surface area (Å²) < 4.78 is 13.3. The maximum absolute atomic E-state index is 13.3. The second-order valence-corrected chi connectivity index (χ2v) is 7.50. The highest BCUT2D eigenvalue weighted by atomic mass is 19.1. The van der Waals surface area contributed by atoms with E-state index in [1.807, 2.05) is 36.4 Å². The predicted octanol–water partition coefficient (Wildman–Crippen LogP) is 3.32. The van der Waals surface area contributed by atoms with E-state index in [1.165, 1.54) is 29.2 Å². The van der Waals surface area contributed by atoms with E-state index in [2.05, 4.69) is 5.32 Å². The molecule has 30 heavy (non-hydrogen) atoms. The van der Waals surface area contributed by atoms with Crippen molar-refractivity contribution in [2.45, 2.75) is 18.5 Å². The highest BCUT2D eigenvalue weighted by Crippen LogP contribution is 2.29. The maximum Gasteiger partial charge on any atom is 0.329 e. The molecule has 0 aromatic heterocycles. The molecule has 6 nitrogen and oxygen atoms in total. The van der Waals surface area contributed by atoms with Crippen molar-refractivity contribution in [3.63, 3.8) is 0 Å². The first-order chi connectivity index (χ1) is 14.5. The summed E-state index contributed by atoms with van der Waals surface area (Å²) in [5.74, 6) is -1.20. The van der Waals surface area contributed by atoms with Gasteiger partial charge in [-0.2, -0.15) is 0 Å². The third-order valence-electron chi connectivity index (χ3n) is 5.73. The molecule has 3 aromatic carbocycles. The van der Waals surface area contributed by atoms with Crippen molar-refractivity contribution in [1.29, 1.82) is 0 Å². The van der Waals surface area contributed by atoms with E-state index in [4.69, 9.17) is 0 Å². The Morgan fingerprint density at radius 2 is 1.70 bits per heavy atom. The summed E-state index contributed by atoms with van der Waals surface area (Å²) in [5, 5.41) is 4.78. The topological polar surface area (TPSA) is 69.7 Å². The molecule has 2 fully saturated rings. The lowest BCUT2D eigenvalue weighted by Gasteiger charge is -2.36. The second kappa shape index (κ2) is 6.95. The number of imide groups is 1. The lowest BCUT2D eigenvalue weighted by molar-refractivity contribution is -0.122. The smallest absolute Gasteiger partial charge is 0.329 e. The summed E-state index contributed by atoms with van der Waals surface area (Å²) in [6, 6.07) is 16.5. The van der Waals surface area contributed by atoms with Crippen LogP contribution in [0.25, 0.3) is 10.8 Å². The normalized spacial score (nSPS) is 21.0. The summed E-state index contributed by atoms with van der Waals surface area (Å²) in [4.78, 5) is 41.5. The SMILES string of the molecule is O=C1N[C@@H]2CCN(C(=O)c3ccc4ccccc4c3)[C@@H]2C(=O)N1c1ccc(F)cc1. The molecule has 150 valence electrons. The molecule has 2 aliphatic rings. The number of hydrogen-bond acceptors (Lipinski definition) is 3. The number of halogens is 1. The first-order valence-electron chi connectivity index (χ1n) is 9.73. The number of benzene rings is 3. The molecule has 0 spiro atoms. The van der Waals surface area contributed by atoms with Crippen LogP contribution in [0.1, 0.15) is 16.8 Å². The van der Waals surface area contributed by atoms with Gasteiger partial charge in [0.15, 0.2) is 0 Å². The fourth-order valence-corrected chi connectivity index (χ4v) is 4.26. The van der Waals surface area contributed by atoms with E-state index in [-0.39, 0.29) is 11.6 Å². The molecule has 7 heteroatoms. The first kappa shape index (κ1) is 18.3. The van der Waals surface area contributed by atoms with Crippen LogP contribution in [0.15, 0.2) is 66.7 Å². The molecule has 2 aliphatic heterocycles. The van der Waals surface area contributed by atoms with Gasteiger partial charge < -0.3 is 10.2 Å². The largest absolute Gasteiger partial charge is 0.332 e. The molecule has 2 saturated heterocycles. The first-order valence-corrected chi connectivity index (χ1v) is 9.73. The highest BCUT2D eigenvalue weighted by Gasteiger charge is 2.50. The summed E-state index contributed by atoms with van der Waals surface area (Å²) in [5.41, 5.74) is 0.759. The lowest BCUT2D eigenvalue weighted by atomic mass is 10.0. The molecule has 0 radical (unpaired) electrons. The summed E-state index contributed by atoms with van der Waals surface area (Å²) in [6.07, 6.45) is 0.499. The number of nitrogens with zero attached hydrogens (tertiary/aromatic N) is 2. The van der Waals surface area contributed by atoms with Crippen LogP contribution >= 0.6 is 0 Å². The molecule has 0 saturated carbocycles. The average molecular weight is 403 g/mol. The Morgan fingerprint density at radius 1 is 0.967 bits per heavy atom. The van der Waals surface area contributed by atoms with E-state index in [9.17, 15) is 18.8 Å². The van der Waals surface area contributed by atoms with Gasteiger partial charge in [-0.15, -0.1) is 0 Å². The summed E-state index contributed by atoms with van der Waals surface area (Å²) >= 11 is 0. The number of carbonyl (C=O) groups excluding carboxylic acids is 3. The Hall–Kier alpha value is -3.74. The monoisotopic (exact) mass is 403 g/mol. The van der Waals surface area contributed by atoms with E-state index in [0.29, 0.717) is 18.5 Å². The molecule has 2 atom stereocenters. The summed E-state index contributed by atoms with van der Waals surface area (Å²) in [7, 11) is 0. The Balaban J connectivity index is 1.47. The average Bonchev–Trinajstić information content (AvgIpc) is 3.18. The van der Waals surface area contributed by atoms with Crippen molar-refractivity contribution in [3.05, 3.63) is 78.1 Å². The molecular formula is C23H18FN3O3. The number of amides is 4. The van der Waals surface area contributed by atoms with Crippen molar-refractivity contribution in [1.82, 2.24) is 10.2 Å². The van der Waals surface area contributed by atoms with Crippen molar-refractivity contribution in [3.8, 4) is 0 Å². The van der Waals surface area contributed by atoms with Crippen LogP contribution in [-0.4, -0.2) is 41.4 Å². The van der Waals surface area contributed by atoms with Gasteiger partial charge in [0, 0.05) is 12.1 Å². The third-order valence-corrected chi connectivity index (χ3v) is 5.73. The minimum absolute atomic E-state index is 0.253. The van der Waals surface area contributed by atoms with E-state index >= 15 is 0 Å². The Kier molecular flexibility index (Phi) is 4.24. The molecule has 3 aromatic rings. The van der Waals surface area contributed by atoms with Gasteiger partial charge in [0.25, 0.3) is 11.8 Å². The van der Waals surface area contributed by atoms with Crippen LogP contribution < -0.4 is 10.2 Å². The van der Waals surface area contributed by atoms with Gasteiger partial charge in [0.05, 0.1) is 11.7 Å². The Bertz CT molecular complexity index is 1180. The van der Waals surface area contributed by atoms with Crippen LogP contribution in [-0.2, 0) is 4.79 Å². The van der Waals surface area contributed by atoms with Crippen molar-refractivity contribution < 1.29 is 18.8 Å². The zero-order valence-electron chi connectivity index (χ0n) is 15.9. The predicted molar refractivity (Wildman–Crippen MR) is 110 cm³/mol. The number of likely N-dealkylation sites (tertiary alicyclic amines) is 1. The maximum atomic E-state index is 13.3.